The number of fused-ring (bicyclic) bond motifs is 7. The van der Waals surface area contributed by atoms with E-state index in [-0.39, 0.29) is 0 Å². The molecule has 0 radical (unpaired) electrons. The first-order valence-electron chi connectivity index (χ1n) is 18.7. The summed E-state index contributed by atoms with van der Waals surface area (Å²) < 4.78 is 13.2. The van der Waals surface area contributed by atoms with E-state index < -0.39 is 0 Å². The number of benzene rings is 9. The second kappa shape index (κ2) is 12.6. The van der Waals surface area contributed by atoms with Crippen LogP contribution in [-0.4, -0.2) is 0 Å². The van der Waals surface area contributed by atoms with Gasteiger partial charge in [0.25, 0.3) is 0 Å². The van der Waals surface area contributed by atoms with E-state index in [1.54, 1.807) is 0 Å². The molecule has 0 spiro atoms. The number of hydrogen-bond acceptors (Lipinski definition) is 3. The van der Waals surface area contributed by atoms with Crippen LogP contribution in [0, 0.1) is 0 Å². The SMILES string of the molecule is c1ccc(-c2ccc3c(oc4ccccc43)c2N(c2ccc(-c3cccc4oc5ccccc5c34)cc2)c2ccc(-c3ccccc3)c3ccccc23)cc1. The molecular formula is C52H33NO2. The molecule has 0 saturated heterocycles. The average molecular weight is 704 g/mol. The van der Waals surface area contributed by atoms with Gasteiger partial charge in [-0.2, -0.15) is 0 Å². The van der Waals surface area contributed by atoms with Gasteiger partial charge in [-0.05, 0) is 75.7 Å². The summed E-state index contributed by atoms with van der Waals surface area (Å²) >= 11 is 0. The number of para-hydroxylation sites is 2. The summed E-state index contributed by atoms with van der Waals surface area (Å²) in [5, 5.41) is 6.75. The molecule has 3 nitrogen and oxygen atoms in total. The van der Waals surface area contributed by atoms with E-state index in [9.17, 15) is 0 Å². The molecule has 11 aromatic rings. The van der Waals surface area contributed by atoms with Crippen molar-refractivity contribution in [1.29, 1.82) is 0 Å². The van der Waals surface area contributed by atoms with Crippen molar-refractivity contribution in [3.8, 4) is 33.4 Å². The molecule has 9 aromatic carbocycles. The molecule has 0 aliphatic rings. The van der Waals surface area contributed by atoms with Gasteiger partial charge in [0.05, 0.1) is 11.4 Å². The fraction of sp³-hybridized carbons (Fsp3) is 0. The molecule has 0 aliphatic carbocycles. The Morgan fingerprint density at radius 3 is 1.62 bits per heavy atom. The Hall–Kier alpha value is -7.36. The highest BCUT2D eigenvalue weighted by Gasteiger charge is 2.26. The zero-order chi connectivity index (χ0) is 36.3. The monoisotopic (exact) mass is 703 g/mol. The predicted molar refractivity (Wildman–Crippen MR) is 229 cm³/mol. The van der Waals surface area contributed by atoms with Crippen molar-refractivity contribution in [2.24, 2.45) is 0 Å². The van der Waals surface area contributed by atoms with Crippen molar-refractivity contribution in [1.82, 2.24) is 0 Å². The van der Waals surface area contributed by atoms with Crippen LogP contribution in [-0.2, 0) is 0 Å². The Bertz CT molecular complexity index is 3190. The van der Waals surface area contributed by atoms with Gasteiger partial charge in [-0.3, -0.25) is 0 Å². The highest BCUT2D eigenvalue weighted by Crippen LogP contribution is 2.50. The maximum atomic E-state index is 6.90. The van der Waals surface area contributed by atoms with E-state index in [2.05, 4.69) is 187 Å². The molecule has 55 heavy (non-hydrogen) atoms. The molecule has 2 heterocycles. The summed E-state index contributed by atoms with van der Waals surface area (Å²) in [7, 11) is 0. The lowest BCUT2D eigenvalue weighted by Gasteiger charge is -2.30. The third-order valence-electron chi connectivity index (χ3n) is 10.9. The largest absolute Gasteiger partial charge is 0.456 e. The van der Waals surface area contributed by atoms with Gasteiger partial charge in [0.1, 0.15) is 16.7 Å². The van der Waals surface area contributed by atoms with Crippen molar-refractivity contribution in [3.05, 3.63) is 200 Å². The van der Waals surface area contributed by atoms with Crippen LogP contribution in [0.3, 0.4) is 0 Å². The fourth-order valence-electron chi connectivity index (χ4n) is 8.39. The molecule has 0 N–H and O–H groups in total. The van der Waals surface area contributed by atoms with Crippen LogP contribution in [0.2, 0.25) is 0 Å². The van der Waals surface area contributed by atoms with Gasteiger partial charge < -0.3 is 13.7 Å². The Morgan fingerprint density at radius 1 is 0.309 bits per heavy atom. The lowest BCUT2D eigenvalue weighted by Crippen LogP contribution is -2.12. The Morgan fingerprint density at radius 2 is 0.873 bits per heavy atom. The second-order valence-corrected chi connectivity index (χ2v) is 14.0. The molecular weight excluding hydrogens is 671 g/mol. The fourth-order valence-corrected chi connectivity index (χ4v) is 8.39. The van der Waals surface area contributed by atoms with Crippen molar-refractivity contribution in [2.75, 3.05) is 4.90 Å². The number of anilines is 3. The molecule has 0 atom stereocenters. The quantitative estimate of drug-likeness (QED) is 0.173. The molecule has 3 heteroatoms. The molecule has 2 aromatic heterocycles. The van der Waals surface area contributed by atoms with E-state index in [0.29, 0.717) is 0 Å². The molecule has 258 valence electrons. The zero-order valence-electron chi connectivity index (χ0n) is 29.8. The maximum Gasteiger partial charge on any atom is 0.160 e. The highest BCUT2D eigenvalue weighted by atomic mass is 16.3. The van der Waals surface area contributed by atoms with Gasteiger partial charge in [0.2, 0.25) is 0 Å². The van der Waals surface area contributed by atoms with Crippen LogP contribution in [0.15, 0.2) is 209 Å². The summed E-state index contributed by atoms with van der Waals surface area (Å²) in [4.78, 5) is 2.40. The van der Waals surface area contributed by atoms with Crippen molar-refractivity contribution in [3.63, 3.8) is 0 Å². The highest BCUT2D eigenvalue weighted by molar-refractivity contribution is 6.16. The zero-order valence-corrected chi connectivity index (χ0v) is 29.8. The van der Waals surface area contributed by atoms with E-state index in [4.69, 9.17) is 8.83 Å². The average Bonchev–Trinajstić information content (AvgIpc) is 3.84. The first-order valence-corrected chi connectivity index (χ1v) is 18.7. The summed E-state index contributed by atoms with van der Waals surface area (Å²) in [5.74, 6) is 0. The standard InChI is InChI=1S/C52H33NO2/c1-3-14-34(15-4-1)38-32-33-46(42-19-8-7-18-41(38)42)53(37-28-26-36(27-29-37)39-22-13-25-49-50(39)45-21-10-12-24-48(45)54-49)51-40(35-16-5-2-6-17-35)30-31-44-43-20-9-11-23-47(43)55-52(44)51/h1-33H. The van der Waals surface area contributed by atoms with Crippen LogP contribution in [0.5, 0.6) is 0 Å². The van der Waals surface area contributed by atoms with Crippen LogP contribution >= 0.6 is 0 Å². The summed E-state index contributed by atoms with van der Waals surface area (Å²) in [5.41, 5.74) is 13.4. The van der Waals surface area contributed by atoms with Gasteiger partial charge in [0.15, 0.2) is 5.58 Å². The Labute approximate surface area is 317 Å². The van der Waals surface area contributed by atoms with Crippen molar-refractivity contribution >= 4 is 71.7 Å². The van der Waals surface area contributed by atoms with Gasteiger partial charge in [-0.25, -0.2) is 0 Å². The second-order valence-electron chi connectivity index (χ2n) is 14.0. The molecule has 0 aliphatic heterocycles. The minimum Gasteiger partial charge on any atom is -0.456 e. The van der Waals surface area contributed by atoms with E-state index in [1.165, 1.54) is 16.5 Å². The maximum absolute atomic E-state index is 6.90. The number of rotatable bonds is 6. The molecule has 0 bridgehead atoms. The van der Waals surface area contributed by atoms with Gasteiger partial charge in [0, 0.05) is 38.2 Å². The van der Waals surface area contributed by atoms with E-state index in [1.807, 2.05) is 18.2 Å². The predicted octanol–water partition coefficient (Wildman–Crippen LogP) is 15.1. The van der Waals surface area contributed by atoms with Crippen LogP contribution in [0.25, 0.3) is 88.0 Å². The van der Waals surface area contributed by atoms with Gasteiger partial charge >= 0.3 is 0 Å². The normalized spacial score (nSPS) is 11.6. The topological polar surface area (TPSA) is 29.5 Å². The third-order valence-corrected chi connectivity index (χ3v) is 10.9. The smallest absolute Gasteiger partial charge is 0.160 e. The lowest BCUT2D eigenvalue weighted by atomic mass is 9.94. The van der Waals surface area contributed by atoms with Crippen molar-refractivity contribution < 1.29 is 8.83 Å². The van der Waals surface area contributed by atoms with Gasteiger partial charge in [-0.15, -0.1) is 0 Å². The van der Waals surface area contributed by atoms with E-state index in [0.717, 1.165) is 88.6 Å². The molecule has 0 fully saturated rings. The van der Waals surface area contributed by atoms with Gasteiger partial charge in [-0.1, -0.05) is 158 Å². The van der Waals surface area contributed by atoms with Crippen LogP contribution < -0.4 is 4.90 Å². The van der Waals surface area contributed by atoms with Crippen LogP contribution in [0.4, 0.5) is 17.1 Å². The number of nitrogens with zero attached hydrogens (tertiary/aromatic N) is 1. The Kier molecular flexibility index (Phi) is 7.17. The minimum absolute atomic E-state index is 0.845. The summed E-state index contributed by atoms with van der Waals surface area (Å²) in [6.45, 7) is 0. The third kappa shape index (κ3) is 5.05. The van der Waals surface area contributed by atoms with Crippen molar-refractivity contribution in [2.45, 2.75) is 0 Å². The minimum atomic E-state index is 0.845. The number of hydrogen-bond donors (Lipinski definition) is 0. The number of furan rings is 2. The Balaban J connectivity index is 1.20. The first kappa shape index (κ1) is 31.2. The summed E-state index contributed by atoms with van der Waals surface area (Å²) in [6.07, 6.45) is 0. The molecule has 0 unspecified atom stereocenters. The molecule has 0 amide bonds. The van der Waals surface area contributed by atoms with Crippen LogP contribution in [0.1, 0.15) is 0 Å². The molecule has 0 saturated carbocycles. The first-order chi connectivity index (χ1) is 27.3. The molecule has 11 rings (SSSR count). The summed E-state index contributed by atoms with van der Waals surface area (Å²) in [6, 6.07) is 70.9. The van der Waals surface area contributed by atoms with E-state index >= 15 is 0 Å². The lowest BCUT2D eigenvalue weighted by molar-refractivity contribution is 0.668.